The maximum Gasteiger partial charge on any atom is 0.0544 e. The molecule has 0 saturated heterocycles. The molecule has 0 aliphatic carbocycles. The molecule has 0 amide bonds. The van der Waals surface area contributed by atoms with E-state index in [4.69, 9.17) is 0 Å². The van der Waals surface area contributed by atoms with Gasteiger partial charge in [0, 0.05) is 21.7 Å². The van der Waals surface area contributed by atoms with E-state index >= 15 is 0 Å². The number of H-pyrrole nitrogens is 1. The van der Waals surface area contributed by atoms with Crippen LogP contribution >= 0.6 is 0 Å². The summed E-state index contributed by atoms with van der Waals surface area (Å²) < 4.78 is 0. The fourth-order valence-corrected chi connectivity index (χ4v) is 3.11. The first-order chi connectivity index (χ1) is 10.0. The van der Waals surface area contributed by atoms with Gasteiger partial charge in [-0.3, -0.25) is 0 Å². The van der Waals surface area contributed by atoms with Crippen molar-refractivity contribution in [3.05, 3.63) is 60.2 Å². The summed E-state index contributed by atoms with van der Waals surface area (Å²) in [6.45, 7) is 6.79. The van der Waals surface area contributed by atoms with Crippen LogP contribution in [0, 0.1) is 0 Å². The van der Waals surface area contributed by atoms with Crippen LogP contribution in [-0.4, -0.2) is 4.98 Å². The summed E-state index contributed by atoms with van der Waals surface area (Å²) in [5.74, 6) is 0. The van der Waals surface area contributed by atoms with E-state index in [9.17, 15) is 0 Å². The van der Waals surface area contributed by atoms with Crippen LogP contribution in [0.3, 0.4) is 0 Å². The Bertz CT molecular complexity index is 968. The van der Waals surface area contributed by atoms with Crippen LogP contribution in [0.1, 0.15) is 26.3 Å². The predicted molar refractivity (Wildman–Crippen MR) is 92.0 cm³/mol. The van der Waals surface area contributed by atoms with E-state index in [1.807, 2.05) is 0 Å². The Balaban J connectivity index is 2.14. The summed E-state index contributed by atoms with van der Waals surface area (Å²) in [5, 5.41) is 5.22. The molecule has 0 fully saturated rings. The molecule has 1 heteroatoms. The molecule has 0 unspecified atom stereocenters. The molecule has 1 N–H and O–H groups in total. The molecular weight excluding hydrogens is 254 g/mol. The summed E-state index contributed by atoms with van der Waals surface area (Å²) in [4.78, 5) is 3.60. The lowest BCUT2D eigenvalue weighted by molar-refractivity contribution is 0.591. The van der Waals surface area contributed by atoms with E-state index in [0.717, 1.165) is 0 Å². The standard InChI is InChI=1S/C20H19N/c1-20(2,3)14-9-11-18-17(12-14)16-10-8-13-6-4-5-7-15(13)19(16)21-18/h4-12,21H,1-3H3. The van der Waals surface area contributed by atoms with Gasteiger partial charge in [0.05, 0.1) is 5.52 Å². The van der Waals surface area contributed by atoms with Crippen LogP contribution in [0.2, 0.25) is 0 Å². The number of fused-ring (bicyclic) bond motifs is 5. The number of aromatic nitrogens is 1. The Morgan fingerprint density at radius 3 is 2.38 bits per heavy atom. The third-order valence-corrected chi connectivity index (χ3v) is 4.36. The molecule has 0 bridgehead atoms. The van der Waals surface area contributed by atoms with Gasteiger partial charge in [0.2, 0.25) is 0 Å². The fourth-order valence-electron chi connectivity index (χ4n) is 3.11. The molecule has 1 nitrogen and oxygen atoms in total. The van der Waals surface area contributed by atoms with Gasteiger partial charge in [-0.15, -0.1) is 0 Å². The van der Waals surface area contributed by atoms with E-state index in [-0.39, 0.29) is 5.41 Å². The lowest BCUT2D eigenvalue weighted by atomic mass is 9.86. The summed E-state index contributed by atoms with van der Waals surface area (Å²) in [6, 6.07) is 19.8. The predicted octanol–water partition coefficient (Wildman–Crippen LogP) is 5.77. The van der Waals surface area contributed by atoms with Crippen LogP contribution < -0.4 is 0 Å². The van der Waals surface area contributed by atoms with Crippen molar-refractivity contribution in [3.8, 4) is 0 Å². The van der Waals surface area contributed by atoms with Gasteiger partial charge in [-0.1, -0.05) is 63.2 Å². The quantitative estimate of drug-likeness (QED) is 0.418. The lowest BCUT2D eigenvalue weighted by Crippen LogP contribution is -2.10. The summed E-state index contributed by atoms with van der Waals surface area (Å²) in [7, 11) is 0. The third-order valence-electron chi connectivity index (χ3n) is 4.36. The van der Waals surface area contributed by atoms with Crippen molar-refractivity contribution >= 4 is 32.6 Å². The second kappa shape index (κ2) is 4.11. The number of nitrogens with one attached hydrogen (secondary N) is 1. The topological polar surface area (TPSA) is 15.8 Å². The van der Waals surface area contributed by atoms with Crippen LogP contribution in [0.25, 0.3) is 32.6 Å². The van der Waals surface area contributed by atoms with Gasteiger partial charge in [0.25, 0.3) is 0 Å². The summed E-state index contributed by atoms with van der Waals surface area (Å²) >= 11 is 0. The first kappa shape index (κ1) is 12.5. The molecule has 0 spiro atoms. The van der Waals surface area contributed by atoms with Crippen LogP contribution in [0.5, 0.6) is 0 Å². The van der Waals surface area contributed by atoms with Gasteiger partial charge < -0.3 is 4.98 Å². The molecule has 4 rings (SSSR count). The van der Waals surface area contributed by atoms with Gasteiger partial charge >= 0.3 is 0 Å². The van der Waals surface area contributed by atoms with Crippen molar-refractivity contribution < 1.29 is 0 Å². The third kappa shape index (κ3) is 1.84. The Hall–Kier alpha value is -2.28. The Labute approximate surface area is 124 Å². The highest BCUT2D eigenvalue weighted by molar-refractivity contribution is 6.17. The Morgan fingerprint density at radius 2 is 1.57 bits per heavy atom. The van der Waals surface area contributed by atoms with Crippen LogP contribution in [0.4, 0.5) is 0 Å². The van der Waals surface area contributed by atoms with Crippen molar-refractivity contribution in [1.82, 2.24) is 4.98 Å². The normalized spacial score (nSPS) is 12.5. The minimum atomic E-state index is 0.175. The zero-order chi connectivity index (χ0) is 14.6. The van der Waals surface area contributed by atoms with Crippen LogP contribution in [0.15, 0.2) is 54.6 Å². The number of rotatable bonds is 0. The average molecular weight is 273 g/mol. The first-order valence-electron chi connectivity index (χ1n) is 7.48. The molecule has 1 aromatic heterocycles. The maximum atomic E-state index is 3.60. The van der Waals surface area contributed by atoms with Crippen LogP contribution in [-0.2, 0) is 5.41 Å². The molecular formula is C20H19N. The number of benzene rings is 3. The van der Waals surface area contributed by atoms with E-state index in [2.05, 4.69) is 80.4 Å². The maximum absolute atomic E-state index is 3.60. The minimum Gasteiger partial charge on any atom is -0.354 e. The van der Waals surface area contributed by atoms with Crippen molar-refractivity contribution in [2.45, 2.75) is 26.2 Å². The van der Waals surface area contributed by atoms with Gasteiger partial charge in [0.15, 0.2) is 0 Å². The van der Waals surface area contributed by atoms with Gasteiger partial charge in [0.1, 0.15) is 0 Å². The van der Waals surface area contributed by atoms with Gasteiger partial charge in [-0.25, -0.2) is 0 Å². The van der Waals surface area contributed by atoms with Gasteiger partial charge in [-0.05, 0) is 28.5 Å². The largest absolute Gasteiger partial charge is 0.354 e. The molecule has 0 radical (unpaired) electrons. The Morgan fingerprint density at radius 1 is 0.762 bits per heavy atom. The Kier molecular flexibility index (Phi) is 2.44. The van der Waals surface area contributed by atoms with E-state index in [1.165, 1.54) is 38.1 Å². The molecule has 0 atom stereocenters. The zero-order valence-corrected chi connectivity index (χ0v) is 12.7. The monoisotopic (exact) mass is 273 g/mol. The average Bonchev–Trinajstić information content (AvgIpc) is 2.84. The number of aromatic amines is 1. The molecule has 0 aliphatic heterocycles. The van der Waals surface area contributed by atoms with Crippen molar-refractivity contribution in [2.75, 3.05) is 0 Å². The highest BCUT2D eigenvalue weighted by Gasteiger charge is 2.15. The number of hydrogen-bond acceptors (Lipinski definition) is 0. The summed E-state index contributed by atoms with van der Waals surface area (Å²) in [5.41, 5.74) is 4.02. The molecule has 104 valence electrons. The first-order valence-corrected chi connectivity index (χ1v) is 7.48. The molecule has 0 saturated carbocycles. The van der Waals surface area contributed by atoms with E-state index < -0.39 is 0 Å². The van der Waals surface area contributed by atoms with Crippen molar-refractivity contribution in [1.29, 1.82) is 0 Å². The van der Waals surface area contributed by atoms with Gasteiger partial charge in [-0.2, -0.15) is 0 Å². The number of hydrogen-bond donors (Lipinski definition) is 1. The SMILES string of the molecule is CC(C)(C)c1ccc2[nH]c3c4ccccc4ccc3c2c1. The zero-order valence-electron chi connectivity index (χ0n) is 12.7. The van der Waals surface area contributed by atoms with Crippen molar-refractivity contribution in [3.63, 3.8) is 0 Å². The smallest absolute Gasteiger partial charge is 0.0544 e. The second-order valence-corrected chi connectivity index (χ2v) is 6.84. The lowest BCUT2D eigenvalue weighted by Gasteiger charge is -2.18. The van der Waals surface area contributed by atoms with E-state index in [1.54, 1.807) is 0 Å². The fraction of sp³-hybridized carbons (Fsp3) is 0.200. The second-order valence-electron chi connectivity index (χ2n) is 6.84. The molecule has 3 aromatic carbocycles. The minimum absolute atomic E-state index is 0.175. The molecule has 0 aliphatic rings. The molecule has 1 heterocycles. The highest BCUT2D eigenvalue weighted by Crippen LogP contribution is 2.33. The summed E-state index contributed by atoms with van der Waals surface area (Å²) in [6.07, 6.45) is 0. The van der Waals surface area contributed by atoms with E-state index in [0.29, 0.717) is 0 Å². The molecule has 4 aromatic rings. The molecule has 21 heavy (non-hydrogen) atoms. The highest BCUT2D eigenvalue weighted by atomic mass is 14.7. The van der Waals surface area contributed by atoms with Crippen molar-refractivity contribution in [2.24, 2.45) is 0 Å².